The van der Waals surface area contributed by atoms with Crippen molar-refractivity contribution in [1.82, 2.24) is 4.90 Å². The molecule has 0 aromatic rings. The van der Waals surface area contributed by atoms with E-state index >= 15 is 0 Å². The maximum Gasteiger partial charge on any atom is 0.226 e. The van der Waals surface area contributed by atoms with Crippen molar-refractivity contribution in [3.05, 3.63) is 0 Å². The highest BCUT2D eigenvalue weighted by Gasteiger charge is 2.27. The van der Waals surface area contributed by atoms with Crippen LogP contribution in [0.1, 0.15) is 32.1 Å². The summed E-state index contributed by atoms with van der Waals surface area (Å²) in [5.41, 5.74) is 0. The van der Waals surface area contributed by atoms with Gasteiger partial charge in [-0.1, -0.05) is 0 Å². The number of carbonyl (C=O) groups is 1. The number of nitrogens with two attached hydrogens (primary N) is 1. The van der Waals surface area contributed by atoms with Gasteiger partial charge in [-0.25, -0.2) is 0 Å². The second kappa shape index (κ2) is 4.78. The van der Waals surface area contributed by atoms with Gasteiger partial charge in [0.1, 0.15) is 0 Å². The number of hydrogen-bond acceptors (Lipinski definition) is 1. The maximum absolute atomic E-state index is 12.1. The van der Waals surface area contributed by atoms with E-state index in [1.807, 2.05) is 0 Å². The lowest BCUT2D eigenvalue weighted by molar-refractivity contribution is -0.664. The predicted molar refractivity (Wildman–Crippen MR) is 54.8 cm³/mol. The highest BCUT2D eigenvalue weighted by Crippen LogP contribution is 2.17. The quantitative estimate of drug-likeness (QED) is 0.630. The Kier molecular flexibility index (Phi) is 3.40. The van der Waals surface area contributed by atoms with Gasteiger partial charge in [0.05, 0.1) is 13.1 Å². The average molecular weight is 197 g/mol. The topological polar surface area (TPSA) is 36.9 Å². The highest BCUT2D eigenvalue weighted by molar-refractivity contribution is 5.78. The molecule has 3 heteroatoms. The van der Waals surface area contributed by atoms with Gasteiger partial charge < -0.3 is 10.2 Å². The Morgan fingerprint density at radius 1 is 1.07 bits per heavy atom. The molecule has 14 heavy (non-hydrogen) atoms. The van der Waals surface area contributed by atoms with Crippen LogP contribution in [-0.2, 0) is 4.79 Å². The number of carbonyl (C=O) groups excluding carboxylic acids is 1. The van der Waals surface area contributed by atoms with Gasteiger partial charge in [0.15, 0.2) is 0 Å². The third-order valence-electron chi connectivity index (χ3n) is 3.46. The number of hydrogen-bond donors (Lipinski definition) is 1. The lowest BCUT2D eigenvalue weighted by Gasteiger charge is -2.31. The van der Waals surface area contributed by atoms with Gasteiger partial charge in [0.2, 0.25) is 5.91 Å². The highest BCUT2D eigenvalue weighted by atomic mass is 16.2. The largest absolute Gasteiger partial charge is 0.346 e. The molecule has 2 fully saturated rings. The van der Waals surface area contributed by atoms with E-state index in [2.05, 4.69) is 10.2 Å². The average Bonchev–Trinajstić information content (AvgIpc) is 2.30. The van der Waals surface area contributed by atoms with Crippen LogP contribution in [0.3, 0.4) is 0 Å². The second-order valence-corrected chi connectivity index (χ2v) is 4.53. The van der Waals surface area contributed by atoms with Crippen LogP contribution < -0.4 is 5.32 Å². The Balaban J connectivity index is 1.85. The Hall–Kier alpha value is -0.570. The first-order valence-corrected chi connectivity index (χ1v) is 5.98. The first-order valence-electron chi connectivity index (χ1n) is 5.98. The molecule has 0 unspecified atom stereocenters. The van der Waals surface area contributed by atoms with E-state index < -0.39 is 0 Å². The molecule has 0 radical (unpaired) electrons. The first kappa shape index (κ1) is 9.97. The van der Waals surface area contributed by atoms with Gasteiger partial charge >= 0.3 is 0 Å². The number of amides is 1. The molecule has 2 heterocycles. The van der Waals surface area contributed by atoms with Crippen molar-refractivity contribution < 1.29 is 10.1 Å². The van der Waals surface area contributed by atoms with Crippen LogP contribution in [0, 0.1) is 5.92 Å². The summed E-state index contributed by atoms with van der Waals surface area (Å²) >= 11 is 0. The molecular weight excluding hydrogens is 176 g/mol. The molecule has 0 spiro atoms. The molecule has 2 aliphatic heterocycles. The Morgan fingerprint density at radius 3 is 2.36 bits per heavy atom. The molecule has 0 atom stereocenters. The fourth-order valence-electron chi connectivity index (χ4n) is 2.55. The number of rotatable bonds is 1. The standard InChI is InChI=1S/C11H20N2O/c14-11(10-4-6-12-7-5-10)13-8-2-1-3-9-13/h10,12H,1-9H2/p+1. The van der Waals surface area contributed by atoms with Crippen LogP contribution in [0.15, 0.2) is 0 Å². The van der Waals surface area contributed by atoms with Crippen molar-refractivity contribution in [3.63, 3.8) is 0 Å². The summed E-state index contributed by atoms with van der Waals surface area (Å²) in [6.45, 7) is 4.31. The molecule has 0 saturated carbocycles. The number of likely N-dealkylation sites (tertiary alicyclic amines) is 1. The summed E-state index contributed by atoms with van der Waals surface area (Å²) in [4.78, 5) is 14.2. The smallest absolute Gasteiger partial charge is 0.226 e. The molecule has 2 saturated heterocycles. The van der Waals surface area contributed by atoms with E-state index in [-0.39, 0.29) is 0 Å². The van der Waals surface area contributed by atoms with Gasteiger partial charge in [-0.15, -0.1) is 0 Å². The zero-order valence-corrected chi connectivity index (χ0v) is 8.87. The lowest BCUT2D eigenvalue weighted by Crippen LogP contribution is -2.86. The summed E-state index contributed by atoms with van der Waals surface area (Å²) in [7, 11) is 0. The minimum absolute atomic E-state index is 0.345. The van der Waals surface area contributed by atoms with Gasteiger partial charge in [-0.2, -0.15) is 0 Å². The van der Waals surface area contributed by atoms with E-state index in [1.165, 1.54) is 19.3 Å². The monoisotopic (exact) mass is 197 g/mol. The summed E-state index contributed by atoms with van der Waals surface area (Å²) in [6.07, 6.45) is 5.92. The van der Waals surface area contributed by atoms with E-state index in [4.69, 9.17) is 0 Å². The maximum atomic E-state index is 12.1. The Labute approximate surface area is 85.8 Å². The zero-order valence-electron chi connectivity index (χ0n) is 8.87. The molecular formula is C11H21N2O+. The third-order valence-corrected chi connectivity index (χ3v) is 3.46. The Bertz CT molecular complexity index is 173. The summed E-state index contributed by atoms with van der Waals surface area (Å²) in [5, 5.41) is 2.32. The van der Waals surface area contributed by atoms with Crippen molar-refractivity contribution >= 4 is 5.91 Å². The zero-order chi connectivity index (χ0) is 9.80. The molecule has 2 aliphatic rings. The SMILES string of the molecule is O=C(C1CC[NH2+]CC1)N1CCCCC1. The van der Waals surface area contributed by atoms with E-state index in [0.29, 0.717) is 11.8 Å². The molecule has 1 amide bonds. The number of piperidine rings is 2. The van der Waals surface area contributed by atoms with Crippen LogP contribution in [0.4, 0.5) is 0 Å². The summed E-state index contributed by atoms with van der Waals surface area (Å²) in [6, 6.07) is 0. The van der Waals surface area contributed by atoms with E-state index in [0.717, 1.165) is 39.0 Å². The fraction of sp³-hybridized carbons (Fsp3) is 0.909. The molecule has 0 aliphatic carbocycles. The van der Waals surface area contributed by atoms with Crippen molar-refractivity contribution in [1.29, 1.82) is 0 Å². The van der Waals surface area contributed by atoms with Crippen LogP contribution >= 0.6 is 0 Å². The molecule has 0 aromatic heterocycles. The van der Waals surface area contributed by atoms with Crippen LogP contribution in [-0.4, -0.2) is 37.0 Å². The Morgan fingerprint density at radius 2 is 1.71 bits per heavy atom. The second-order valence-electron chi connectivity index (χ2n) is 4.53. The lowest BCUT2D eigenvalue weighted by atomic mass is 9.95. The molecule has 2 N–H and O–H groups in total. The molecule has 0 aromatic carbocycles. The van der Waals surface area contributed by atoms with Crippen molar-refractivity contribution in [2.24, 2.45) is 5.92 Å². The van der Waals surface area contributed by atoms with Crippen molar-refractivity contribution in [2.75, 3.05) is 26.2 Å². The fourth-order valence-corrected chi connectivity index (χ4v) is 2.55. The first-order chi connectivity index (χ1) is 6.88. The molecule has 0 bridgehead atoms. The van der Waals surface area contributed by atoms with Gasteiger partial charge in [0, 0.05) is 31.8 Å². The van der Waals surface area contributed by atoms with Gasteiger partial charge in [-0.05, 0) is 19.3 Å². The van der Waals surface area contributed by atoms with Crippen molar-refractivity contribution in [3.8, 4) is 0 Å². The van der Waals surface area contributed by atoms with E-state index in [1.54, 1.807) is 0 Å². The molecule has 3 nitrogen and oxygen atoms in total. The van der Waals surface area contributed by atoms with E-state index in [9.17, 15) is 4.79 Å². The number of quaternary nitrogens is 1. The van der Waals surface area contributed by atoms with Crippen LogP contribution in [0.25, 0.3) is 0 Å². The normalized spacial score (nSPS) is 25.0. The summed E-state index contributed by atoms with van der Waals surface area (Å²) in [5.74, 6) is 0.788. The van der Waals surface area contributed by atoms with Gasteiger partial charge in [0.25, 0.3) is 0 Å². The van der Waals surface area contributed by atoms with Crippen LogP contribution in [0.5, 0.6) is 0 Å². The van der Waals surface area contributed by atoms with Crippen molar-refractivity contribution in [2.45, 2.75) is 32.1 Å². The third kappa shape index (κ3) is 2.27. The van der Waals surface area contributed by atoms with Gasteiger partial charge in [-0.3, -0.25) is 4.79 Å². The molecule has 80 valence electrons. The molecule has 2 rings (SSSR count). The minimum atomic E-state index is 0.345. The predicted octanol–water partition coefficient (Wildman–Crippen LogP) is -0.0277. The number of nitrogens with zero attached hydrogens (tertiary/aromatic N) is 1. The minimum Gasteiger partial charge on any atom is -0.346 e. The summed E-state index contributed by atoms with van der Waals surface area (Å²) < 4.78 is 0. The van der Waals surface area contributed by atoms with Crippen LogP contribution in [0.2, 0.25) is 0 Å².